The van der Waals surface area contributed by atoms with Crippen LogP contribution < -0.4 is 21.3 Å². The highest BCUT2D eigenvalue weighted by molar-refractivity contribution is 6.02. The topological polar surface area (TPSA) is 146 Å². The van der Waals surface area contributed by atoms with Gasteiger partial charge in [-0.15, -0.1) is 0 Å². The zero-order valence-corrected chi connectivity index (χ0v) is 29.5. The number of aromatic hydroxyl groups is 1. The van der Waals surface area contributed by atoms with Crippen LogP contribution in [0.15, 0.2) is 115 Å². The maximum absolute atomic E-state index is 14.0. The summed E-state index contributed by atoms with van der Waals surface area (Å²) in [5.41, 5.74) is 3.35. The Labute approximate surface area is 300 Å². The van der Waals surface area contributed by atoms with E-state index in [2.05, 4.69) is 21.3 Å². The number of hydrogen-bond acceptors (Lipinski definition) is 7. The van der Waals surface area contributed by atoms with Gasteiger partial charge in [-0.3, -0.25) is 25.0 Å². The van der Waals surface area contributed by atoms with Crippen LogP contribution in [0.5, 0.6) is 5.75 Å². The van der Waals surface area contributed by atoms with Crippen LogP contribution in [-0.4, -0.2) is 47.0 Å². The normalized spacial score (nSPS) is 13.5. The fraction of sp³-hybridized carbons (Fsp3) is 0.317. The molecule has 0 aromatic heterocycles. The molecule has 0 spiro atoms. The van der Waals surface area contributed by atoms with Gasteiger partial charge in [0.05, 0.1) is 12.1 Å². The van der Waals surface area contributed by atoms with Gasteiger partial charge in [0.25, 0.3) is 0 Å². The third kappa shape index (κ3) is 11.5. The van der Waals surface area contributed by atoms with Crippen LogP contribution in [0, 0.1) is 11.8 Å². The van der Waals surface area contributed by atoms with Crippen molar-refractivity contribution in [3.8, 4) is 5.75 Å². The molecule has 0 aliphatic carbocycles. The van der Waals surface area contributed by atoms with Crippen molar-refractivity contribution in [2.24, 2.45) is 11.8 Å². The van der Waals surface area contributed by atoms with Crippen molar-refractivity contribution in [1.29, 1.82) is 0 Å². The molecule has 0 saturated carbocycles. The summed E-state index contributed by atoms with van der Waals surface area (Å²) in [6, 6.07) is 31.6. The van der Waals surface area contributed by atoms with E-state index in [4.69, 9.17) is 4.74 Å². The van der Waals surface area contributed by atoms with Crippen molar-refractivity contribution >= 4 is 23.8 Å². The zero-order chi connectivity index (χ0) is 36.8. The van der Waals surface area contributed by atoms with Gasteiger partial charge in [-0.25, -0.2) is 4.79 Å². The van der Waals surface area contributed by atoms with Gasteiger partial charge >= 0.3 is 6.09 Å². The number of rotatable bonds is 16. The number of phenols is 1. The first-order valence-corrected chi connectivity index (χ1v) is 17.3. The number of nitrogens with one attached hydrogen (secondary N) is 4. The third-order valence-electron chi connectivity index (χ3n) is 8.80. The molecule has 0 bridgehead atoms. The van der Waals surface area contributed by atoms with E-state index in [1.54, 1.807) is 26.0 Å². The second-order valence-electron chi connectivity index (χ2n) is 13.0. The van der Waals surface area contributed by atoms with Crippen molar-refractivity contribution in [1.82, 2.24) is 21.3 Å². The minimum atomic E-state index is -1.19. The molecule has 0 unspecified atom stereocenters. The van der Waals surface area contributed by atoms with Gasteiger partial charge in [-0.2, -0.15) is 0 Å². The zero-order valence-electron chi connectivity index (χ0n) is 29.5. The lowest BCUT2D eigenvalue weighted by atomic mass is 9.93. The molecule has 0 fully saturated rings. The molecule has 0 radical (unpaired) electrons. The number of carbonyl (C=O) groups excluding carboxylic acids is 4. The van der Waals surface area contributed by atoms with Crippen LogP contribution >= 0.6 is 0 Å². The van der Waals surface area contributed by atoms with Gasteiger partial charge in [-0.05, 0) is 46.2 Å². The molecule has 4 aromatic rings. The molecular formula is C41H48N4O6. The summed E-state index contributed by atoms with van der Waals surface area (Å²) in [6.07, 6.45) is -0.103. The first-order chi connectivity index (χ1) is 24.5. The number of ether oxygens (including phenoxy) is 1. The summed E-state index contributed by atoms with van der Waals surface area (Å²) >= 11 is 0. The number of benzene rings is 4. The molecule has 0 aliphatic rings. The summed E-state index contributed by atoms with van der Waals surface area (Å²) in [5.74, 6) is -2.32. The number of imide groups is 1. The molecule has 0 saturated heterocycles. The minimum Gasteiger partial charge on any atom is -0.508 e. The predicted molar refractivity (Wildman–Crippen MR) is 196 cm³/mol. The van der Waals surface area contributed by atoms with Crippen LogP contribution in [0.25, 0.3) is 0 Å². The highest BCUT2D eigenvalue weighted by Gasteiger charge is 2.33. The number of amides is 4. The Morgan fingerprint density at radius 2 is 1.20 bits per heavy atom. The molecule has 0 heterocycles. The monoisotopic (exact) mass is 692 g/mol. The third-order valence-corrected chi connectivity index (χ3v) is 8.80. The van der Waals surface area contributed by atoms with Crippen LogP contribution in [0.3, 0.4) is 0 Å². The van der Waals surface area contributed by atoms with Crippen LogP contribution in [0.4, 0.5) is 4.79 Å². The average Bonchev–Trinajstić information content (AvgIpc) is 3.14. The smallest absolute Gasteiger partial charge is 0.408 e. The fourth-order valence-corrected chi connectivity index (χ4v) is 5.64. The van der Waals surface area contributed by atoms with Gasteiger partial charge < -0.3 is 20.5 Å². The highest BCUT2D eigenvalue weighted by Crippen LogP contribution is 2.24. The molecule has 5 N–H and O–H groups in total. The molecule has 4 aromatic carbocycles. The molecule has 4 atom stereocenters. The van der Waals surface area contributed by atoms with E-state index in [-0.39, 0.29) is 36.7 Å². The fourth-order valence-electron chi connectivity index (χ4n) is 5.64. The Hall–Kier alpha value is -5.48. The van der Waals surface area contributed by atoms with Crippen molar-refractivity contribution < 1.29 is 29.0 Å². The SMILES string of the molecule is CC[C@H](C)[C@H](NC(c1ccccc1)c1ccccc1)C(=O)NC(=O)[C@H](Cc1ccc(O)cc1)NC(=O)[C@@H](NC(=O)OCc1ccccc1)C(C)C. The summed E-state index contributed by atoms with van der Waals surface area (Å²) in [4.78, 5) is 54.3. The van der Waals surface area contributed by atoms with E-state index in [9.17, 15) is 24.3 Å². The molecule has 51 heavy (non-hydrogen) atoms. The minimum absolute atomic E-state index is 0.0203. The van der Waals surface area contributed by atoms with Crippen LogP contribution in [-0.2, 0) is 32.1 Å². The Kier molecular flexibility index (Phi) is 14.3. The van der Waals surface area contributed by atoms with Crippen LogP contribution in [0.1, 0.15) is 62.4 Å². The molecule has 4 amide bonds. The summed E-state index contributed by atoms with van der Waals surface area (Å²) < 4.78 is 5.34. The first kappa shape index (κ1) is 38.3. The van der Waals surface area contributed by atoms with E-state index in [0.29, 0.717) is 12.0 Å². The largest absolute Gasteiger partial charge is 0.508 e. The quantitative estimate of drug-likeness (QED) is 0.0997. The Bertz CT molecular complexity index is 1660. The lowest BCUT2D eigenvalue weighted by Crippen LogP contribution is -2.58. The standard InChI is InChI=1S/C41H48N4O6/c1-5-28(4)36(43-37(31-17-11-7-12-18-31)32-19-13-8-14-20-32)40(49)45-38(47)34(25-29-21-23-33(46)24-22-29)42-39(48)35(27(2)3)44-41(50)51-26-30-15-9-6-10-16-30/h6-24,27-28,34-37,43,46H,5,25-26H2,1-4H3,(H,42,48)(H,44,50)(H,45,47,49)/t28-,34-,35-,36-/m0/s1. The Balaban J connectivity index is 1.53. The first-order valence-electron chi connectivity index (χ1n) is 17.3. The maximum Gasteiger partial charge on any atom is 0.408 e. The summed E-state index contributed by atoms with van der Waals surface area (Å²) in [6.45, 7) is 7.47. The number of hydrogen-bond donors (Lipinski definition) is 5. The number of phenolic OH excluding ortho intramolecular Hbond substituents is 1. The number of alkyl carbamates (subject to hydrolysis) is 1. The van der Waals surface area contributed by atoms with Crippen molar-refractivity contribution in [2.75, 3.05) is 0 Å². The van der Waals surface area contributed by atoms with E-state index >= 15 is 0 Å². The lowest BCUT2D eigenvalue weighted by molar-refractivity contribution is -0.136. The van der Waals surface area contributed by atoms with Crippen molar-refractivity contribution in [3.63, 3.8) is 0 Å². The van der Waals surface area contributed by atoms with Crippen LogP contribution in [0.2, 0.25) is 0 Å². The second-order valence-corrected chi connectivity index (χ2v) is 13.0. The maximum atomic E-state index is 14.0. The second kappa shape index (κ2) is 19.1. The van der Waals surface area contributed by atoms with Crippen molar-refractivity contribution in [2.45, 2.75) is 71.3 Å². The van der Waals surface area contributed by atoms with Crippen molar-refractivity contribution in [3.05, 3.63) is 138 Å². The molecule has 0 aliphatic heterocycles. The number of carbonyl (C=O) groups is 4. The molecule has 10 nitrogen and oxygen atoms in total. The summed E-state index contributed by atoms with van der Waals surface area (Å²) in [7, 11) is 0. The Morgan fingerprint density at radius 3 is 1.73 bits per heavy atom. The van der Waals surface area contributed by atoms with E-state index in [1.807, 2.05) is 105 Å². The van der Waals surface area contributed by atoms with Gasteiger partial charge in [0.1, 0.15) is 24.4 Å². The predicted octanol–water partition coefficient (Wildman–Crippen LogP) is 5.81. The van der Waals surface area contributed by atoms with E-state index < -0.39 is 41.9 Å². The average molecular weight is 693 g/mol. The summed E-state index contributed by atoms with van der Waals surface area (Å²) in [5, 5.41) is 21.3. The molecule has 10 heteroatoms. The molecule has 268 valence electrons. The Morgan fingerprint density at radius 1 is 0.647 bits per heavy atom. The van der Waals surface area contributed by atoms with Gasteiger partial charge in [0.2, 0.25) is 17.7 Å². The highest BCUT2D eigenvalue weighted by atomic mass is 16.5. The molecular weight excluding hydrogens is 644 g/mol. The van der Waals surface area contributed by atoms with E-state index in [0.717, 1.165) is 16.7 Å². The van der Waals surface area contributed by atoms with Gasteiger partial charge in [-0.1, -0.05) is 137 Å². The van der Waals surface area contributed by atoms with Gasteiger partial charge in [0.15, 0.2) is 0 Å². The van der Waals surface area contributed by atoms with Gasteiger partial charge in [0, 0.05) is 6.42 Å². The molecule has 4 rings (SSSR count). The lowest BCUT2D eigenvalue weighted by Gasteiger charge is -2.30. The van der Waals surface area contributed by atoms with E-state index in [1.165, 1.54) is 12.1 Å².